The van der Waals surface area contributed by atoms with Gasteiger partial charge in [0.2, 0.25) is 0 Å². The fourth-order valence-corrected chi connectivity index (χ4v) is 1.37. The fraction of sp³-hybridized carbons (Fsp3) is 0.364. The number of hydrogen-bond donors (Lipinski definition) is 1. The van der Waals surface area contributed by atoms with E-state index in [9.17, 15) is 31.1 Å². The van der Waals surface area contributed by atoms with Crippen LogP contribution in [0.3, 0.4) is 0 Å². The molecule has 0 saturated heterocycles. The van der Waals surface area contributed by atoms with Gasteiger partial charge in [-0.15, -0.1) is 0 Å². The average Bonchev–Trinajstić information content (AvgIpc) is 2.33. The first-order valence-electron chi connectivity index (χ1n) is 5.14. The Morgan fingerprint density at radius 3 is 1.85 bits per heavy atom. The van der Waals surface area contributed by atoms with E-state index in [1.807, 2.05) is 5.32 Å². The van der Waals surface area contributed by atoms with Crippen molar-refractivity contribution in [3.63, 3.8) is 0 Å². The van der Waals surface area contributed by atoms with Crippen LogP contribution in [0.5, 0.6) is 0 Å². The van der Waals surface area contributed by atoms with Gasteiger partial charge in [0.25, 0.3) is 0 Å². The van der Waals surface area contributed by atoms with Crippen molar-refractivity contribution < 1.29 is 35.9 Å². The molecule has 1 rings (SSSR count). The van der Waals surface area contributed by atoms with E-state index in [-0.39, 0.29) is 11.6 Å². The number of hydrogen-bond acceptors (Lipinski definition) is 2. The number of rotatable bonds is 2. The molecule has 0 saturated carbocycles. The summed E-state index contributed by atoms with van der Waals surface area (Å²) in [6.45, 7) is -0.514. The number of carbonyl (C=O) groups is 1. The average molecular weight is 301 g/mol. The zero-order valence-electron chi connectivity index (χ0n) is 10.0. The first kappa shape index (κ1) is 16.1. The Labute approximate surface area is 109 Å². The van der Waals surface area contributed by atoms with Crippen LogP contribution >= 0.6 is 0 Å². The summed E-state index contributed by atoms with van der Waals surface area (Å²) in [7, 11) is 1.02. The molecule has 1 aromatic carbocycles. The Balaban J connectivity index is 3.14. The van der Waals surface area contributed by atoms with Crippen LogP contribution in [0.2, 0.25) is 0 Å². The van der Waals surface area contributed by atoms with Crippen molar-refractivity contribution in [1.82, 2.24) is 5.32 Å². The minimum atomic E-state index is -4.92. The fourth-order valence-electron chi connectivity index (χ4n) is 1.37. The molecular formula is C11H9F6NO2. The molecule has 1 amide bonds. The van der Waals surface area contributed by atoms with Crippen LogP contribution < -0.4 is 5.32 Å². The number of amides is 1. The molecule has 0 aliphatic heterocycles. The van der Waals surface area contributed by atoms with Gasteiger partial charge < -0.3 is 10.1 Å². The lowest BCUT2D eigenvalue weighted by molar-refractivity contribution is -0.143. The molecule has 0 atom stereocenters. The molecule has 3 nitrogen and oxygen atoms in total. The van der Waals surface area contributed by atoms with Crippen molar-refractivity contribution in [2.75, 3.05) is 7.11 Å². The number of ether oxygens (including phenoxy) is 1. The Bertz CT molecular complexity index is 462. The summed E-state index contributed by atoms with van der Waals surface area (Å²) in [6.07, 6.45) is -10.8. The third kappa shape index (κ3) is 4.32. The third-order valence-electron chi connectivity index (χ3n) is 2.27. The summed E-state index contributed by atoms with van der Waals surface area (Å²) in [6, 6.07) is 1.08. The maximum Gasteiger partial charge on any atom is 0.416 e. The van der Waals surface area contributed by atoms with E-state index in [1.165, 1.54) is 0 Å². The molecular weight excluding hydrogens is 292 g/mol. The van der Waals surface area contributed by atoms with Crippen molar-refractivity contribution in [2.45, 2.75) is 18.9 Å². The highest BCUT2D eigenvalue weighted by Crippen LogP contribution is 2.36. The van der Waals surface area contributed by atoms with Gasteiger partial charge in [-0.05, 0) is 23.8 Å². The summed E-state index contributed by atoms with van der Waals surface area (Å²) in [5, 5.41) is 2.01. The van der Waals surface area contributed by atoms with Crippen LogP contribution in [0.25, 0.3) is 0 Å². The lowest BCUT2D eigenvalue weighted by atomic mass is 10.0. The number of alkyl carbamates (subject to hydrolysis) is 1. The molecule has 0 spiro atoms. The molecule has 0 fully saturated rings. The van der Waals surface area contributed by atoms with Gasteiger partial charge in [-0.1, -0.05) is 0 Å². The third-order valence-corrected chi connectivity index (χ3v) is 2.27. The zero-order valence-corrected chi connectivity index (χ0v) is 10.0. The normalized spacial score (nSPS) is 12.2. The van der Waals surface area contributed by atoms with Gasteiger partial charge in [-0.2, -0.15) is 26.3 Å². The first-order chi connectivity index (χ1) is 9.04. The summed E-state index contributed by atoms with van der Waals surface area (Å²) >= 11 is 0. The Kier molecular flexibility index (Phi) is 4.51. The van der Waals surface area contributed by atoms with Gasteiger partial charge in [-0.3, -0.25) is 0 Å². The summed E-state index contributed by atoms with van der Waals surface area (Å²) in [5.74, 6) is 0. The van der Waals surface area contributed by atoms with Crippen LogP contribution in [0.4, 0.5) is 31.1 Å². The maximum absolute atomic E-state index is 12.5. The molecule has 0 aliphatic carbocycles. The molecule has 0 unspecified atom stereocenters. The number of methoxy groups -OCH3 is 1. The van der Waals surface area contributed by atoms with Crippen molar-refractivity contribution >= 4 is 6.09 Å². The largest absolute Gasteiger partial charge is 0.453 e. The van der Waals surface area contributed by atoms with Crippen molar-refractivity contribution in [3.8, 4) is 0 Å². The van der Waals surface area contributed by atoms with Gasteiger partial charge >= 0.3 is 18.4 Å². The quantitative estimate of drug-likeness (QED) is 0.848. The van der Waals surface area contributed by atoms with Crippen LogP contribution in [0.1, 0.15) is 16.7 Å². The van der Waals surface area contributed by atoms with Crippen molar-refractivity contribution in [1.29, 1.82) is 0 Å². The summed E-state index contributed by atoms with van der Waals surface area (Å²) in [4.78, 5) is 10.8. The van der Waals surface area contributed by atoms with Gasteiger partial charge in [0, 0.05) is 6.54 Å². The first-order valence-corrected chi connectivity index (χ1v) is 5.14. The number of alkyl halides is 6. The molecule has 9 heteroatoms. The van der Waals surface area contributed by atoms with E-state index in [0.29, 0.717) is 12.1 Å². The summed E-state index contributed by atoms with van der Waals surface area (Å²) < 4.78 is 79.3. The van der Waals surface area contributed by atoms with Crippen LogP contribution in [0.15, 0.2) is 18.2 Å². The van der Waals surface area contributed by atoms with Crippen molar-refractivity contribution in [2.24, 2.45) is 0 Å². The minimum Gasteiger partial charge on any atom is -0.453 e. The number of benzene rings is 1. The number of halogens is 6. The highest BCUT2D eigenvalue weighted by Gasteiger charge is 2.36. The monoisotopic (exact) mass is 301 g/mol. The van der Waals surface area contributed by atoms with E-state index in [1.54, 1.807) is 0 Å². The minimum absolute atomic E-state index is 0.0155. The van der Waals surface area contributed by atoms with E-state index in [0.717, 1.165) is 7.11 Å². The lowest BCUT2D eigenvalue weighted by Gasteiger charge is -2.14. The Hall–Kier alpha value is -1.93. The summed E-state index contributed by atoms with van der Waals surface area (Å²) in [5.41, 5.74) is -3.21. The predicted octanol–water partition coefficient (Wildman–Crippen LogP) is 3.58. The van der Waals surface area contributed by atoms with Gasteiger partial charge in [-0.25, -0.2) is 4.79 Å². The van der Waals surface area contributed by atoms with Gasteiger partial charge in [0.05, 0.1) is 18.2 Å². The lowest BCUT2D eigenvalue weighted by Crippen LogP contribution is -2.23. The molecule has 0 aromatic heterocycles. The standard InChI is InChI=1S/C11H9F6NO2/c1-20-9(19)18-5-6-2-7(10(12,13)14)4-8(3-6)11(15,16)17/h2-4H,5H2,1H3,(H,18,19). The zero-order chi connectivity index (χ0) is 15.6. The molecule has 20 heavy (non-hydrogen) atoms. The molecule has 0 bridgehead atoms. The Morgan fingerprint density at radius 1 is 1.05 bits per heavy atom. The predicted molar refractivity (Wildman–Crippen MR) is 55.7 cm³/mol. The SMILES string of the molecule is COC(=O)NCc1cc(C(F)(F)F)cc(C(F)(F)F)c1. The highest BCUT2D eigenvalue weighted by atomic mass is 19.4. The molecule has 0 heterocycles. The number of nitrogens with one attached hydrogen (secondary N) is 1. The van der Waals surface area contributed by atoms with Crippen molar-refractivity contribution in [3.05, 3.63) is 34.9 Å². The number of carbonyl (C=O) groups excluding carboxylic acids is 1. The smallest absolute Gasteiger partial charge is 0.416 e. The molecule has 0 aliphatic rings. The Morgan fingerprint density at radius 2 is 1.50 bits per heavy atom. The van der Waals surface area contributed by atoms with Crippen LogP contribution in [-0.4, -0.2) is 13.2 Å². The molecule has 112 valence electrons. The van der Waals surface area contributed by atoms with Crippen LogP contribution in [-0.2, 0) is 23.6 Å². The highest BCUT2D eigenvalue weighted by molar-refractivity contribution is 5.66. The second-order valence-corrected chi connectivity index (χ2v) is 3.76. The van der Waals surface area contributed by atoms with E-state index < -0.39 is 36.1 Å². The molecule has 0 radical (unpaired) electrons. The molecule has 1 N–H and O–H groups in total. The van der Waals surface area contributed by atoms with Gasteiger partial charge in [0.1, 0.15) is 0 Å². The second kappa shape index (κ2) is 5.59. The van der Waals surface area contributed by atoms with E-state index >= 15 is 0 Å². The molecule has 1 aromatic rings. The van der Waals surface area contributed by atoms with Gasteiger partial charge in [0.15, 0.2) is 0 Å². The topological polar surface area (TPSA) is 38.3 Å². The van der Waals surface area contributed by atoms with E-state index in [4.69, 9.17) is 0 Å². The van der Waals surface area contributed by atoms with E-state index in [2.05, 4.69) is 4.74 Å². The second-order valence-electron chi connectivity index (χ2n) is 3.76. The van der Waals surface area contributed by atoms with Crippen LogP contribution in [0, 0.1) is 0 Å². The maximum atomic E-state index is 12.5.